The smallest absolute Gasteiger partial charge is 0.212 e. The van der Waals surface area contributed by atoms with Crippen LogP contribution in [-0.4, -0.2) is 46.1 Å². The molecule has 0 bridgehead atoms. The number of nitrogens with one attached hydrogen (secondary N) is 1. The average molecular weight is 260 g/mol. The molecule has 0 rings (SSSR count). The third-order valence-corrected chi connectivity index (χ3v) is 3.86. The summed E-state index contributed by atoms with van der Waals surface area (Å²) in [5, 5.41) is 0. The maximum absolute atomic E-state index is 11.1. The normalized spacial score (nSPS) is 12.6. The van der Waals surface area contributed by atoms with Crippen molar-refractivity contribution in [2.24, 2.45) is 5.73 Å². The average Bonchev–Trinajstić information content (AvgIpc) is 1.97. The molecule has 0 heterocycles. The Morgan fingerprint density at radius 1 is 1.29 bits per heavy atom. The van der Waals surface area contributed by atoms with Crippen LogP contribution in [0.1, 0.15) is 0 Å². The van der Waals surface area contributed by atoms with Gasteiger partial charge in [0.15, 0.2) is 0 Å². The van der Waals surface area contributed by atoms with Crippen LogP contribution in [0.3, 0.4) is 0 Å². The van der Waals surface area contributed by atoms with Gasteiger partial charge in [0.25, 0.3) is 0 Å². The van der Waals surface area contributed by atoms with E-state index in [2.05, 4.69) is 16.9 Å². The van der Waals surface area contributed by atoms with Crippen molar-refractivity contribution in [3.05, 3.63) is 0 Å². The summed E-state index contributed by atoms with van der Waals surface area (Å²) in [6, 6.07) is 0. The van der Waals surface area contributed by atoms with Crippen molar-refractivity contribution in [2.75, 3.05) is 24.3 Å². The molecule has 0 unspecified atom stereocenters. The Hall–Kier alpha value is -0.250. The fourth-order valence-electron chi connectivity index (χ4n) is 0.514. The molecule has 0 saturated carbocycles. The lowest BCUT2D eigenvalue weighted by atomic mass is 10.7. The van der Waals surface area contributed by atoms with Crippen LogP contribution in [0.4, 0.5) is 0 Å². The van der Waals surface area contributed by atoms with Crippen molar-refractivity contribution < 1.29 is 16.8 Å². The van der Waals surface area contributed by atoms with Crippen LogP contribution < -0.4 is 10.5 Å². The van der Waals surface area contributed by atoms with Crippen molar-refractivity contribution in [2.45, 2.75) is 0 Å². The largest absolute Gasteiger partial charge is 0.392 e. The predicted octanol–water partition coefficient (Wildman–Crippen LogP) is -1.76. The van der Waals surface area contributed by atoms with E-state index in [4.69, 9.17) is 5.73 Å². The molecule has 84 valence electrons. The van der Waals surface area contributed by atoms with Crippen molar-refractivity contribution in [3.63, 3.8) is 0 Å². The van der Waals surface area contributed by atoms with Gasteiger partial charge in [-0.3, -0.25) is 0 Å². The molecule has 0 spiro atoms. The Bertz CT molecular complexity index is 397. The van der Waals surface area contributed by atoms with Crippen LogP contribution >= 0.6 is 12.2 Å². The Morgan fingerprint density at radius 2 is 1.79 bits per heavy atom. The van der Waals surface area contributed by atoms with E-state index in [1.807, 2.05) is 0 Å². The van der Waals surface area contributed by atoms with Gasteiger partial charge in [0, 0.05) is 6.26 Å². The van der Waals surface area contributed by atoms with Crippen LogP contribution in [0.2, 0.25) is 0 Å². The van der Waals surface area contributed by atoms with E-state index in [0.29, 0.717) is 0 Å². The molecule has 6 nitrogen and oxygen atoms in total. The zero-order valence-corrected chi connectivity index (χ0v) is 10.0. The first-order valence-corrected chi connectivity index (χ1v) is 7.68. The van der Waals surface area contributed by atoms with Crippen LogP contribution in [0.25, 0.3) is 0 Å². The second-order valence-corrected chi connectivity index (χ2v) is 7.45. The van der Waals surface area contributed by atoms with Gasteiger partial charge < -0.3 is 5.73 Å². The lowest BCUT2D eigenvalue weighted by Gasteiger charge is -2.04. The molecule has 14 heavy (non-hydrogen) atoms. The van der Waals surface area contributed by atoms with E-state index in [1.54, 1.807) is 0 Å². The molecular formula is C5H12N2O4S3. The molecule has 0 aromatic rings. The summed E-state index contributed by atoms with van der Waals surface area (Å²) in [6.45, 7) is -0.151. The predicted molar refractivity (Wildman–Crippen MR) is 58.3 cm³/mol. The maximum Gasteiger partial charge on any atom is 0.212 e. The Balaban J connectivity index is 4.17. The zero-order valence-electron chi connectivity index (χ0n) is 7.56. The summed E-state index contributed by atoms with van der Waals surface area (Å²) in [4.78, 5) is 0.00734. The maximum atomic E-state index is 11.1. The summed E-state index contributed by atoms with van der Waals surface area (Å²) in [6.07, 6.45) is 0.968. The van der Waals surface area contributed by atoms with E-state index in [1.165, 1.54) is 0 Å². The molecule has 9 heteroatoms. The zero-order chi connectivity index (χ0) is 11.4. The molecule has 0 radical (unpaired) electrons. The Kier molecular flexibility index (Phi) is 4.92. The van der Waals surface area contributed by atoms with Gasteiger partial charge in [0.2, 0.25) is 10.0 Å². The van der Waals surface area contributed by atoms with E-state index >= 15 is 0 Å². The highest BCUT2D eigenvalue weighted by Gasteiger charge is 2.13. The summed E-state index contributed by atoms with van der Waals surface area (Å²) in [7, 11) is -6.89. The van der Waals surface area contributed by atoms with E-state index in [9.17, 15) is 16.8 Å². The SMILES string of the molecule is CS(=O)(=O)CCS(=O)(=O)NCC(N)=S. The standard InChI is InChI=1S/C5H12N2O4S3/c1-13(8,9)2-3-14(10,11)7-4-5(6)12/h7H,2-4H2,1H3,(H2,6,12). The van der Waals surface area contributed by atoms with Gasteiger partial charge in [0.05, 0.1) is 23.0 Å². The number of hydrogen-bond donors (Lipinski definition) is 2. The van der Waals surface area contributed by atoms with E-state index in [0.717, 1.165) is 6.26 Å². The molecular weight excluding hydrogens is 248 g/mol. The number of rotatable bonds is 6. The van der Waals surface area contributed by atoms with Gasteiger partial charge in [-0.05, 0) is 0 Å². The molecule has 0 aromatic carbocycles. The minimum Gasteiger partial charge on any atom is -0.392 e. The molecule has 0 saturated heterocycles. The molecule has 0 aliphatic carbocycles. The third kappa shape index (κ3) is 8.35. The van der Waals surface area contributed by atoms with Gasteiger partial charge >= 0.3 is 0 Å². The molecule has 0 atom stereocenters. The minimum absolute atomic E-state index is 0.00734. The lowest BCUT2D eigenvalue weighted by Crippen LogP contribution is -2.35. The van der Waals surface area contributed by atoms with Crippen molar-refractivity contribution >= 4 is 37.1 Å². The summed E-state index contributed by atoms with van der Waals surface area (Å²) < 4.78 is 45.6. The lowest BCUT2D eigenvalue weighted by molar-refractivity contribution is 0.583. The van der Waals surface area contributed by atoms with Gasteiger partial charge in [-0.15, -0.1) is 0 Å². The van der Waals surface area contributed by atoms with Crippen molar-refractivity contribution in [1.82, 2.24) is 4.72 Å². The topological polar surface area (TPSA) is 106 Å². The van der Waals surface area contributed by atoms with Crippen LogP contribution in [0, 0.1) is 0 Å². The first-order valence-electron chi connectivity index (χ1n) is 3.56. The summed E-state index contributed by atoms with van der Waals surface area (Å²) in [5.41, 5.74) is 5.07. The van der Waals surface area contributed by atoms with Gasteiger partial charge in [-0.2, -0.15) is 0 Å². The quantitative estimate of drug-likeness (QED) is 0.548. The number of sulfonamides is 1. The molecule has 0 amide bonds. The van der Waals surface area contributed by atoms with Crippen molar-refractivity contribution in [1.29, 1.82) is 0 Å². The second kappa shape index (κ2) is 5.01. The Morgan fingerprint density at radius 3 is 2.14 bits per heavy atom. The number of sulfone groups is 1. The highest BCUT2D eigenvalue weighted by atomic mass is 32.2. The fourth-order valence-corrected chi connectivity index (χ4v) is 3.29. The molecule has 3 N–H and O–H groups in total. The van der Waals surface area contributed by atoms with Gasteiger partial charge in [-0.25, -0.2) is 21.6 Å². The highest BCUT2D eigenvalue weighted by molar-refractivity contribution is 7.93. The first kappa shape index (κ1) is 13.8. The van der Waals surface area contributed by atoms with Crippen LogP contribution in [-0.2, 0) is 19.9 Å². The second-order valence-electron chi connectivity index (χ2n) is 2.74. The summed E-state index contributed by atoms with van der Waals surface area (Å²) in [5.74, 6) is -0.895. The number of thiocarbonyl (C=S) groups is 1. The Labute approximate surface area is 88.8 Å². The summed E-state index contributed by atoms with van der Waals surface area (Å²) >= 11 is 4.45. The number of hydrogen-bond acceptors (Lipinski definition) is 5. The minimum atomic E-state index is -3.61. The van der Waals surface area contributed by atoms with Crippen molar-refractivity contribution in [3.8, 4) is 0 Å². The fraction of sp³-hybridized carbons (Fsp3) is 0.800. The highest BCUT2D eigenvalue weighted by Crippen LogP contribution is 1.89. The molecule has 0 aliphatic heterocycles. The molecule has 0 aliphatic rings. The van der Waals surface area contributed by atoms with Crippen LogP contribution in [0.5, 0.6) is 0 Å². The third-order valence-electron chi connectivity index (χ3n) is 1.19. The van der Waals surface area contributed by atoms with Gasteiger partial charge in [-0.1, -0.05) is 12.2 Å². The van der Waals surface area contributed by atoms with Crippen LogP contribution in [0.15, 0.2) is 0 Å². The monoisotopic (exact) mass is 260 g/mol. The number of nitrogens with two attached hydrogens (primary N) is 1. The molecule has 0 aromatic heterocycles. The van der Waals surface area contributed by atoms with E-state index in [-0.39, 0.29) is 11.5 Å². The van der Waals surface area contributed by atoms with E-state index < -0.39 is 31.4 Å². The van der Waals surface area contributed by atoms with Gasteiger partial charge in [0.1, 0.15) is 9.84 Å². The molecule has 0 fully saturated rings. The first-order chi connectivity index (χ1) is 6.12.